The number of carbonyl (C=O) groups excluding carboxylic acids is 1. The molecule has 0 spiro atoms. The number of aromatic amines is 1. The highest BCUT2D eigenvalue weighted by atomic mass is 16.1. The number of rotatable bonds is 5. The fourth-order valence-corrected chi connectivity index (χ4v) is 2.37. The van der Waals surface area contributed by atoms with Crippen LogP contribution in [0.25, 0.3) is 11.3 Å². The molecule has 0 unspecified atom stereocenters. The summed E-state index contributed by atoms with van der Waals surface area (Å²) in [6, 6.07) is 19.2. The predicted octanol–water partition coefficient (Wildman–Crippen LogP) is 3.11. The molecule has 0 atom stereocenters. The highest BCUT2D eigenvalue weighted by molar-refractivity contribution is 5.95. The van der Waals surface area contributed by atoms with Crippen LogP contribution < -0.4 is 5.32 Å². The molecule has 2 N–H and O–H groups in total. The van der Waals surface area contributed by atoms with Crippen molar-refractivity contribution in [1.29, 1.82) is 0 Å². The van der Waals surface area contributed by atoms with Gasteiger partial charge in [0.2, 0.25) is 0 Å². The van der Waals surface area contributed by atoms with E-state index in [1.807, 2.05) is 36.4 Å². The number of benzene rings is 2. The van der Waals surface area contributed by atoms with Crippen molar-refractivity contribution >= 4 is 5.91 Å². The first kappa shape index (κ1) is 15.0. The zero-order valence-electron chi connectivity index (χ0n) is 12.6. The normalized spacial score (nSPS) is 10.5. The maximum absolute atomic E-state index is 12.3. The molecule has 1 aromatic heterocycles. The quantitative estimate of drug-likeness (QED) is 0.761. The standard InChI is InChI=1S/C19H17N3O/c1-14-12-18(22-21-14)16-8-5-9-17(13-16)19(23)20-11-10-15-6-3-2-4-7-15/h1-9,12-13H,10-11H2,(H,20,23)(H,21,22). The minimum Gasteiger partial charge on any atom is -0.352 e. The molecule has 2 aromatic carbocycles. The fraction of sp³-hybridized carbons (Fsp3) is 0.105. The summed E-state index contributed by atoms with van der Waals surface area (Å²) in [6.45, 7) is 6.24. The molecule has 1 amide bonds. The Labute approximate surface area is 135 Å². The third kappa shape index (κ3) is 3.86. The number of H-pyrrole nitrogens is 1. The van der Waals surface area contributed by atoms with E-state index < -0.39 is 0 Å². The maximum Gasteiger partial charge on any atom is 0.251 e. The summed E-state index contributed by atoms with van der Waals surface area (Å²) >= 11 is 0. The molecule has 1 heterocycles. The number of nitrogens with zero attached hydrogens (tertiary/aromatic N) is 1. The van der Waals surface area contributed by atoms with Gasteiger partial charge >= 0.3 is 0 Å². The number of aromatic nitrogens is 2. The second kappa shape index (κ2) is 6.92. The van der Waals surface area contributed by atoms with Crippen LogP contribution in [-0.2, 0) is 6.42 Å². The Kier molecular flexibility index (Phi) is 4.52. The Balaban J connectivity index is 1.63. The summed E-state index contributed by atoms with van der Waals surface area (Å²) in [5, 5.41) is 9.74. The summed E-state index contributed by atoms with van der Waals surface area (Å²) in [6.07, 6.45) is 0.808. The molecule has 0 aliphatic rings. The van der Waals surface area contributed by atoms with E-state index in [4.69, 9.17) is 6.92 Å². The molecule has 23 heavy (non-hydrogen) atoms. The Hall–Kier alpha value is -2.88. The van der Waals surface area contributed by atoms with Crippen LogP contribution in [0.2, 0.25) is 0 Å². The number of hydrogen-bond donors (Lipinski definition) is 2. The van der Waals surface area contributed by atoms with Crippen molar-refractivity contribution in [2.45, 2.75) is 6.42 Å². The molecule has 0 aliphatic carbocycles. The Morgan fingerprint density at radius 2 is 1.91 bits per heavy atom. The zero-order chi connectivity index (χ0) is 16.1. The SMILES string of the molecule is [CH]c1cc(-c2cccc(C(=O)NCCc3ccccc3)c2)n[nH]1. The lowest BCUT2D eigenvalue weighted by atomic mass is 10.1. The van der Waals surface area contributed by atoms with Crippen LogP contribution in [0.1, 0.15) is 21.6 Å². The van der Waals surface area contributed by atoms with Gasteiger partial charge in [-0.3, -0.25) is 9.89 Å². The van der Waals surface area contributed by atoms with Crippen LogP contribution in [0.3, 0.4) is 0 Å². The van der Waals surface area contributed by atoms with Gasteiger partial charge in [0, 0.05) is 30.3 Å². The molecule has 0 fully saturated rings. The largest absolute Gasteiger partial charge is 0.352 e. The second-order valence-corrected chi connectivity index (χ2v) is 5.28. The van der Waals surface area contributed by atoms with Gasteiger partial charge in [0.05, 0.1) is 5.69 Å². The number of hydrogen-bond acceptors (Lipinski definition) is 2. The second-order valence-electron chi connectivity index (χ2n) is 5.28. The molecular formula is C19H17N3O. The molecular weight excluding hydrogens is 286 g/mol. The molecule has 0 saturated heterocycles. The van der Waals surface area contributed by atoms with E-state index in [0.717, 1.165) is 17.7 Å². The molecule has 4 nitrogen and oxygen atoms in total. The highest BCUT2D eigenvalue weighted by Crippen LogP contribution is 2.18. The van der Waals surface area contributed by atoms with Crippen molar-refractivity contribution in [2.24, 2.45) is 0 Å². The predicted molar refractivity (Wildman–Crippen MR) is 89.9 cm³/mol. The van der Waals surface area contributed by atoms with Crippen molar-refractivity contribution in [3.63, 3.8) is 0 Å². The van der Waals surface area contributed by atoms with Crippen molar-refractivity contribution < 1.29 is 4.79 Å². The summed E-state index contributed by atoms with van der Waals surface area (Å²) < 4.78 is 0. The molecule has 2 radical (unpaired) electrons. The summed E-state index contributed by atoms with van der Waals surface area (Å²) in [4.78, 5) is 12.3. The minimum atomic E-state index is -0.0914. The van der Waals surface area contributed by atoms with E-state index in [1.54, 1.807) is 12.1 Å². The Morgan fingerprint density at radius 3 is 2.65 bits per heavy atom. The monoisotopic (exact) mass is 303 g/mol. The summed E-state index contributed by atoms with van der Waals surface area (Å²) in [5.74, 6) is -0.0914. The summed E-state index contributed by atoms with van der Waals surface area (Å²) in [7, 11) is 0. The third-order valence-corrected chi connectivity index (χ3v) is 3.56. The van der Waals surface area contributed by atoms with Crippen molar-refractivity contribution in [2.75, 3.05) is 6.54 Å². The minimum absolute atomic E-state index is 0.0914. The van der Waals surface area contributed by atoms with Crippen LogP contribution in [0.4, 0.5) is 0 Å². The maximum atomic E-state index is 12.3. The molecule has 3 rings (SSSR count). The molecule has 0 bridgehead atoms. The molecule has 0 aliphatic heterocycles. The van der Waals surface area contributed by atoms with Gasteiger partial charge < -0.3 is 5.32 Å². The van der Waals surface area contributed by atoms with Gasteiger partial charge in [0.15, 0.2) is 0 Å². The van der Waals surface area contributed by atoms with Gasteiger partial charge in [-0.2, -0.15) is 5.10 Å². The van der Waals surface area contributed by atoms with Crippen LogP contribution in [0.15, 0.2) is 60.7 Å². The highest BCUT2D eigenvalue weighted by Gasteiger charge is 2.08. The topological polar surface area (TPSA) is 57.8 Å². The lowest BCUT2D eigenvalue weighted by Gasteiger charge is -2.06. The van der Waals surface area contributed by atoms with Gasteiger partial charge in [-0.05, 0) is 30.2 Å². The fourth-order valence-electron chi connectivity index (χ4n) is 2.37. The van der Waals surface area contributed by atoms with Crippen LogP contribution >= 0.6 is 0 Å². The van der Waals surface area contributed by atoms with Crippen molar-refractivity contribution in [3.8, 4) is 11.3 Å². The molecule has 4 heteroatoms. The number of amides is 1. The van der Waals surface area contributed by atoms with Gasteiger partial charge in [-0.25, -0.2) is 0 Å². The van der Waals surface area contributed by atoms with E-state index in [0.29, 0.717) is 17.8 Å². The average molecular weight is 303 g/mol. The van der Waals surface area contributed by atoms with Crippen LogP contribution in [0, 0.1) is 6.92 Å². The van der Waals surface area contributed by atoms with E-state index in [1.165, 1.54) is 5.56 Å². The van der Waals surface area contributed by atoms with Crippen molar-refractivity contribution in [1.82, 2.24) is 15.5 Å². The van der Waals surface area contributed by atoms with Gasteiger partial charge in [-0.15, -0.1) is 0 Å². The summed E-state index contributed by atoms with van der Waals surface area (Å²) in [5.41, 5.74) is 3.89. The first-order valence-corrected chi connectivity index (χ1v) is 7.46. The third-order valence-electron chi connectivity index (χ3n) is 3.56. The van der Waals surface area contributed by atoms with E-state index in [-0.39, 0.29) is 5.91 Å². The molecule has 114 valence electrons. The number of nitrogens with one attached hydrogen (secondary N) is 2. The zero-order valence-corrected chi connectivity index (χ0v) is 12.6. The van der Waals surface area contributed by atoms with E-state index in [2.05, 4.69) is 27.6 Å². The van der Waals surface area contributed by atoms with E-state index in [9.17, 15) is 4.79 Å². The van der Waals surface area contributed by atoms with Gasteiger partial charge in [0.1, 0.15) is 0 Å². The Bertz CT molecular complexity index is 793. The van der Waals surface area contributed by atoms with Gasteiger partial charge in [-0.1, -0.05) is 42.5 Å². The first-order chi connectivity index (χ1) is 11.2. The Morgan fingerprint density at radius 1 is 1.09 bits per heavy atom. The molecule has 3 aromatic rings. The first-order valence-electron chi connectivity index (χ1n) is 7.46. The van der Waals surface area contributed by atoms with Gasteiger partial charge in [0.25, 0.3) is 5.91 Å². The molecule has 0 saturated carbocycles. The lowest BCUT2D eigenvalue weighted by molar-refractivity contribution is 0.0954. The smallest absolute Gasteiger partial charge is 0.251 e. The average Bonchev–Trinajstić information content (AvgIpc) is 3.02. The van der Waals surface area contributed by atoms with Crippen LogP contribution in [-0.4, -0.2) is 22.6 Å². The van der Waals surface area contributed by atoms with Crippen molar-refractivity contribution in [3.05, 3.63) is 84.4 Å². The van der Waals surface area contributed by atoms with Crippen LogP contribution in [0.5, 0.6) is 0 Å². The van der Waals surface area contributed by atoms with E-state index >= 15 is 0 Å². The lowest BCUT2D eigenvalue weighted by Crippen LogP contribution is -2.25. The number of carbonyl (C=O) groups is 1.